The van der Waals surface area contributed by atoms with Gasteiger partial charge in [-0.1, -0.05) is 18.2 Å². The van der Waals surface area contributed by atoms with E-state index in [2.05, 4.69) is 20.6 Å². The van der Waals surface area contributed by atoms with E-state index < -0.39 is 0 Å². The highest BCUT2D eigenvalue weighted by Gasteiger charge is 2.21. The third kappa shape index (κ3) is 4.08. The minimum Gasteiger partial charge on any atom is -0.444 e. The zero-order valence-corrected chi connectivity index (χ0v) is 14.3. The largest absolute Gasteiger partial charge is 0.444 e. The number of carbonyl (C=O) groups excluding carboxylic acids is 1. The number of aromatic nitrogens is 2. The van der Waals surface area contributed by atoms with Crippen LogP contribution in [0.25, 0.3) is 11.5 Å². The summed E-state index contributed by atoms with van der Waals surface area (Å²) in [7, 11) is 0. The molecule has 2 N–H and O–H groups in total. The lowest BCUT2D eigenvalue weighted by molar-refractivity contribution is 0.0953. The molecular formula is C20H20N4O2. The van der Waals surface area contributed by atoms with Crippen LogP contribution in [0.2, 0.25) is 0 Å². The number of hydrogen-bond donors (Lipinski definition) is 2. The van der Waals surface area contributed by atoms with Gasteiger partial charge in [0, 0.05) is 30.8 Å². The van der Waals surface area contributed by atoms with Crippen molar-refractivity contribution < 1.29 is 9.21 Å². The number of carbonyl (C=O) groups is 1. The molecule has 0 unspecified atom stereocenters. The molecule has 1 aliphatic carbocycles. The zero-order chi connectivity index (χ0) is 17.8. The van der Waals surface area contributed by atoms with Crippen LogP contribution in [-0.4, -0.2) is 28.5 Å². The van der Waals surface area contributed by atoms with Crippen LogP contribution in [0.5, 0.6) is 0 Å². The van der Waals surface area contributed by atoms with Gasteiger partial charge in [0.05, 0.1) is 11.3 Å². The Balaban J connectivity index is 1.27. The van der Waals surface area contributed by atoms with E-state index >= 15 is 0 Å². The summed E-state index contributed by atoms with van der Waals surface area (Å²) < 4.78 is 5.50. The van der Waals surface area contributed by atoms with E-state index in [0.717, 1.165) is 17.1 Å². The summed E-state index contributed by atoms with van der Waals surface area (Å²) >= 11 is 0. The lowest BCUT2D eigenvalue weighted by Gasteiger charge is -2.06. The first kappa shape index (κ1) is 16.3. The van der Waals surface area contributed by atoms with Crippen molar-refractivity contribution in [1.29, 1.82) is 0 Å². The Morgan fingerprint density at radius 1 is 1.15 bits per heavy atom. The molecule has 0 spiro atoms. The van der Waals surface area contributed by atoms with Crippen LogP contribution in [0.15, 0.2) is 59.3 Å². The molecule has 0 saturated heterocycles. The molecule has 0 bridgehead atoms. The van der Waals surface area contributed by atoms with Gasteiger partial charge < -0.3 is 15.1 Å². The molecule has 1 saturated carbocycles. The predicted molar refractivity (Wildman–Crippen MR) is 98.9 cm³/mol. The Labute approximate surface area is 151 Å². The maximum Gasteiger partial charge on any atom is 0.252 e. The van der Waals surface area contributed by atoms with Gasteiger partial charge in [-0.15, -0.1) is 0 Å². The zero-order valence-electron chi connectivity index (χ0n) is 14.3. The van der Waals surface area contributed by atoms with Crippen molar-refractivity contribution >= 4 is 11.7 Å². The van der Waals surface area contributed by atoms with Gasteiger partial charge in [0.15, 0.2) is 0 Å². The number of benzene rings is 1. The van der Waals surface area contributed by atoms with Crippen molar-refractivity contribution in [3.8, 4) is 11.5 Å². The number of amides is 1. The van der Waals surface area contributed by atoms with E-state index in [1.807, 2.05) is 36.4 Å². The van der Waals surface area contributed by atoms with Crippen LogP contribution < -0.4 is 10.6 Å². The van der Waals surface area contributed by atoms with Crippen molar-refractivity contribution in [3.05, 3.63) is 66.2 Å². The SMILES string of the molecule is O=C(NCCc1coc(-c2ccccc2)n1)c1ccc(NC2CC2)nc1. The van der Waals surface area contributed by atoms with Crippen LogP contribution in [0.3, 0.4) is 0 Å². The normalized spacial score (nSPS) is 13.4. The summed E-state index contributed by atoms with van der Waals surface area (Å²) in [5, 5.41) is 6.19. The second kappa shape index (κ2) is 7.39. The van der Waals surface area contributed by atoms with Crippen molar-refractivity contribution in [1.82, 2.24) is 15.3 Å². The van der Waals surface area contributed by atoms with Crippen LogP contribution >= 0.6 is 0 Å². The molecule has 4 rings (SSSR count). The minimum atomic E-state index is -0.137. The highest BCUT2D eigenvalue weighted by molar-refractivity contribution is 5.94. The Kier molecular flexibility index (Phi) is 4.64. The molecule has 1 amide bonds. The summed E-state index contributed by atoms with van der Waals surface area (Å²) in [6.07, 6.45) is 6.23. The molecule has 6 nitrogen and oxygen atoms in total. The van der Waals surface area contributed by atoms with E-state index in [1.165, 1.54) is 12.8 Å². The van der Waals surface area contributed by atoms with Crippen molar-refractivity contribution in [2.24, 2.45) is 0 Å². The van der Waals surface area contributed by atoms with Crippen LogP contribution in [-0.2, 0) is 6.42 Å². The molecule has 2 heterocycles. The summed E-state index contributed by atoms with van der Waals surface area (Å²) in [4.78, 5) is 20.9. The van der Waals surface area contributed by atoms with Crippen molar-refractivity contribution in [2.75, 3.05) is 11.9 Å². The first-order valence-electron chi connectivity index (χ1n) is 8.78. The van der Waals surface area contributed by atoms with E-state index in [9.17, 15) is 4.79 Å². The number of nitrogens with one attached hydrogen (secondary N) is 2. The highest BCUT2D eigenvalue weighted by atomic mass is 16.3. The van der Waals surface area contributed by atoms with Gasteiger partial charge in [0.2, 0.25) is 5.89 Å². The average Bonchev–Trinajstić information content (AvgIpc) is 3.37. The molecule has 2 aromatic heterocycles. The van der Waals surface area contributed by atoms with Gasteiger partial charge in [0.25, 0.3) is 5.91 Å². The van der Waals surface area contributed by atoms with E-state index in [-0.39, 0.29) is 5.91 Å². The fourth-order valence-corrected chi connectivity index (χ4v) is 2.59. The Morgan fingerprint density at radius 3 is 2.73 bits per heavy atom. The molecule has 0 atom stereocenters. The number of pyridine rings is 1. The Hall–Kier alpha value is -3.15. The first-order valence-corrected chi connectivity index (χ1v) is 8.78. The standard InChI is InChI=1S/C20H20N4O2/c25-19(15-6-9-18(22-12-15)23-16-7-8-16)21-11-10-17-13-26-20(24-17)14-4-2-1-3-5-14/h1-6,9,12-13,16H,7-8,10-11H2,(H,21,25)(H,22,23). The molecule has 1 aromatic carbocycles. The van der Waals surface area contributed by atoms with E-state index in [1.54, 1.807) is 18.5 Å². The molecular weight excluding hydrogens is 328 g/mol. The molecule has 1 fully saturated rings. The highest BCUT2D eigenvalue weighted by Crippen LogP contribution is 2.23. The smallest absolute Gasteiger partial charge is 0.252 e. The monoisotopic (exact) mass is 348 g/mol. The number of oxazole rings is 1. The lowest BCUT2D eigenvalue weighted by atomic mass is 10.2. The number of nitrogens with zero attached hydrogens (tertiary/aromatic N) is 2. The predicted octanol–water partition coefficient (Wildman–Crippen LogP) is 3.28. The fourth-order valence-electron chi connectivity index (χ4n) is 2.59. The van der Waals surface area contributed by atoms with E-state index in [0.29, 0.717) is 30.5 Å². The second-order valence-electron chi connectivity index (χ2n) is 6.37. The molecule has 26 heavy (non-hydrogen) atoms. The number of rotatable bonds is 7. The van der Waals surface area contributed by atoms with Gasteiger partial charge in [-0.2, -0.15) is 0 Å². The van der Waals surface area contributed by atoms with Crippen LogP contribution in [0.4, 0.5) is 5.82 Å². The third-order valence-corrected chi connectivity index (χ3v) is 4.19. The summed E-state index contributed by atoms with van der Waals surface area (Å²) in [6.45, 7) is 0.488. The maximum atomic E-state index is 12.2. The van der Waals surface area contributed by atoms with Crippen LogP contribution in [0.1, 0.15) is 28.9 Å². The number of anilines is 1. The molecule has 3 aromatic rings. The van der Waals surface area contributed by atoms with Gasteiger partial charge in [-0.25, -0.2) is 9.97 Å². The molecule has 0 radical (unpaired) electrons. The maximum absolute atomic E-state index is 12.2. The summed E-state index contributed by atoms with van der Waals surface area (Å²) in [5.74, 6) is 1.28. The quantitative estimate of drug-likeness (QED) is 0.685. The Bertz CT molecular complexity index is 870. The molecule has 132 valence electrons. The summed E-state index contributed by atoms with van der Waals surface area (Å²) in [5.41, 5.74) is 2.30. The van der Waals surface area contributed by atoms with E-state index in [4.69, 9.17) is 4.42 Å². The number of hydrogen-bond acceptors (Lipinski definition) is 5. The van der Waals surface area contributed by atoms with Crippen LogP contribution in [0, 0.1) is 0 Å². The third-order valence-electron chi connectivity index (χ3n) is 4.19. The molecule has 6 heteroatoms. The first-order chi connectivity index (χ1) is 12.8. The van der Waals surface area contributed by atoms with Gasteiger partial charge >= 0.3 is 0 Å². The molecule has 0 aliphatic heterocycles. The van der Waals surface area contributed by atoms with Gasteiger partial charge in [0.1, 0.15) is 12.1 Å². The lowest BCUT2D eigenvalue weighted by Crippen LogP contribution is -2.25. The second-order valence-corrected chi connectivity index (χ2v) is 6.37. The topological polar surface area (TPSA) is 80.0 Å². The minimum absolute atomic E-state index is 0.137. The molecule has 1 aliphatic rings. The van der Waals surface area contributed by atoms with Gasteiger partial charge in [-0.3, -0.25) is 4.79 Å². The summed E-state index contributed by atoms with van der Waals surface area (Å²) in [6, 6.07) is 13.9. The fraction of sp³-hybridized carbons (Fsp3) is 0.250. The average molecular weight is 348 g/mol. The van der Waals surface area contributed by atoms with Gasteiger partial charge in [-0.05, 0) is 37.1 Å². The van der Waals surface area contributed by atoms with Crippen molar-refractivity contribution in [2.45, 2.75) is 25.3 Å². The van der Waals surface area contributed by atoms with Crippen molar-refractivity contribution in [3.63, 3.8) is 0 Å². The Morgan fingerprint density at radius 2 is 2.00 bits per heavy atom.